The molecule has 1 N–H and O–H groups in total. The number of halogens is 1. The Morgan fingerprint density at radius 2 is 2.07 bits per heavy atom. The molecule has 0 aromatic carbocycles. The molecule has 1 saturated heterocycles. The third-order valence-electron chi connectivity index (χ3n) is 6.57. The number of hydrogen-bond donors (Lipinski definition) is 1. The van der Waals surface area contributed by atoms with Gasteiger partial charge in [-0.25, -0.2) is 4.98 Å². The molecule has 2 heterocycles. The number of fused-ring (bicyclic) bond motifs is 2. The Hall–Kier alpha value is -0.410. The minimum absolute atomic E-state index is 0. The van der Waals surface area contributed by atoms with Gasteiger partial charge in [-0.05, 0) is 37.5 Å². The molecule has 2 saturated carbocycles. The van der Waals surface area contributed by atoms with Gasteiger partial charge in [0, 0.05) is 63.3 Å². The number of nitrogens with zero attached hydrogens (tertiary/aromatic N) is 4. The summed E-state index contributed by atoms with van der Waals surface area (Å²) in [4.78, 5) is 15.6. The van der Waals surface area contributed by atoms with Crippen molar-refractivity contribution < 1.29 is 0 Å². The molecular weight excluding hydrogens is 469 g/mol. The van der Waals surface area contributed by atoms with E-state index in [4.69, 9.17) is 0 Å². The number of guanidine groups is 1. The Kier molecular flexibility index (Phi) is 7.79. The number of hydrogen-bond acceptors (Lipinski definition) is 4. The fourth-order valence-electron chi connectivity index (χ4n) is 5.16. The van der Waals surface area contributed by atoms with Crippen LogP contribution in [-0.4, -0.2) is 66.6 Å². The molecule has 0 amide bonds. The number of aliphatic imine (C=N–C) groups is 1. The summed E-state index contributed by atoms with van der Waals surface area (Å²) in [6, 6.07) is 0.878. The van der Waals surface area contributed by atoms with Gasteiger partial charge in [-0.15, -0.1) is 35.3 Å². The summed E-state index contributed by atoms with van der Waals surface area (Å²) in [5, 5.41) is 4.78. The number of aromatic nitrogens is 1. The zero-order valence-electron chi connectivity index (χ0n) is 16.7. The second-order valence-corrected chi connectivity index (χ2v) is 9.26. The van der Waals surface area contributed by atoms with E-state index in [2.05, 4.69) is 32.0 Å². The molecule has 152 valence electrons. The number of piperazine rings is 1. The van der Waals surface area contributed by atoms with Gasteiger partial charge in [-0.2, -0.15) is 0 Å². The highest BCUT2D eigenvalue weighted by Crippen LogP contribution is 2.46. The maximum absolute atomic E-state index is 4.52. The van der Waals surface area contributed by atoms with Crippen molar-refractivity contribution in [2.24, 2.45) is 16.8 Å². The largest absolute Gasteiger partial charge is 0.356 e. The Labute approximate surface area is 185 Å². The van der Waals surface area contributed by atoms with E-state index >= 15 is 0 Å². The van der Waals surface area contributed by atoms with Gasteiger partial charge in [0.15, 0.2) is 5.96 Å². The summed E-state index contributed by atoms with van der Waals surface area (Å²) in [5.41, 5.74) is 0. The maximum Gasteiger partial charge on any atom is 0.193 e. The van der Waals surface area contributed by atoms with E-state index in [-0.39, 0.29) is 24.0 Å². The first-order valence-corrected chi connectivity index (χ1v) is 11.2. The number of rotatable bonds is 5. The van der Waals surface area contributed by atoms with Gasteiger partial charge in [0.2, 0.25) is 0 Å². The molecule has 3 unspecified atom stereocenters. The fourth-order valence-corrected chi connectivity index (χ4v) is 6.03. The second kappa shape index (κ2) is 9.87. The van der Waals surface area contributed by atoms with Crippen LogP contribution >= 0.6 is 35.3 Å². The average molecular weight is 503 g/mol. The Balaban J connectivity index is 0.00000210. The normalized spacial score (nSPS) is 28.4. The highest BCUT2D eigenvalue weighted by molar-refractivity contribution is 14.0. The molecule has 1 aromatic heterocycles. The van der Waals surface area contributed by atoms with Crippen molar-refractivity contribution in [2.45, 2.75) is 51.5 Å². The first kappa shape index (κ1) is 21.3. The van der Waals surface area contributed by atoms with E-state index in [1.807, 2.05) is 24.6 Å². The molecule has 7 heteroatoms. The van der Waals surface area contributed by atoms with E-state index in [9.17, 15) is 0 Å². The zero-order chi connectivity index (χ0) is 17.9. The summed E-state index contributed by atoms with van der Waals surface area (Å²) < 4.78 is 0. The third kappa shape index (κ3) is 4.96. The average Bonchev–Trinajstić information content (AvgIpc) is 3.42. The SMILES string of the molecule is CCc1cnc(CCNC(=NC)N2CCN(C3CC4CCC3C4)CC2)s1.I. The summed E-state index contributed by atoms with van der Waals surface area (Å²) in [6.07, 6.45) is 10.0. The van der Waals surface area contributed by atoms with Gasteiger partial charge in [-0.1, -0.05) is 13.3 Å². The minimum Gasteiger partial charge on any atom is -0.356 e. The lowest BCUT2D eigenvalue weighted by Crippen LogP contribution is -2.55. The Morgan fingerprint density at radius 1 is 1.26 bits per heavy atom. The van der Waals surface area contributed by atoms with Gasteiger partial charge >= 0.3 is 0 Å². The van der Waals surface area contributed by atoms with Crippen molar-refractivity contribution in [2.75, 3.05) is 39.8 Å². The van der Waals surface area contributed by atoms with Gasteiger partial charge in [0.05, 0.1) is 5.01 Å². The summed E-state index contributed by atoms with van der Waals surface area (Å²) >= 11 is 1.84. The first-order chi connectivity index (χ1) is 12.8. The first-order valence-electron chi connectivity index (χ1n) is 10.4. The standard InChI is InChI=1S/C20H33N5S.HI/c1-3-17-14-23-19(26-17)6-7-22-20(21-2)25-10-8-24(9-11-25)18-13-15-4-5-16(18)12-15;/h14-16,18H,3-13H2,1-2H3,(H,21,22);1H. The van der Waals surface area contributed by atoms with Crippen LogP contribution in [-0.2, 0) is 12.8 Å². The van der Waals surface area contributed by atoms with Crippen molar-refractivity contribution in [1.29, 1.82) is 0 Å². The van der Waals surface area contributed by atoms with E-state index in [1.54, 1.807) is 0 Å². The lowest BCUT2D eigenvalue weighted by Gasteiger charge is -2.41. The van der Waals surface area contributed by atoms with Crippen LogP contribution in [0.5, 0.6) is 0 Å². The molecule has 0 spiro atoms. The molecule has 4 rings (SSSR count). The number of aryl methyl sites for hydroxylation is 1. The predicted molar refractivity (Wildman–Crippen MR) is 124 cm³/mol. The van der Waals surface area contributed by atoms with E-state index < -0.39 is 0 Å². The van der Waals surface area contributed by atoms with Crippen LogP contribution in [0.4, 0.5) is 0 Å². The van der Waals surface area contributed by atoms with Crippen molar-refractivity contribution >= 4 is 41.3 Å². The molecule has 3 atom stereocenters. The van der Waals surface area contributed by atoms with Crippen LogP contribution in [0, 0.1) is 11.8 Å². The molecule has 5 nitrogen and oxygen atoms in total. The molecule has 3 fully saturated rings. The molecule has 1 aromatic rings. The van der Waals surface area contributed by atoms with Crippen LogP contribution in [0.3, 0.4) is 0 Å². The summed E-state index contributed by atoms with van der Waals surface area (Å²) in [6.45, 7) is 7.70. The van der Waals surface area contributed by atoms with Crippen LogP contribution in [0.25, 0.3) is 0 Å². The molecule has 2 aliphatic carbocycles. The smallest absolute Gasteiger partial charge is 0.193 e. The zero-order valence-corrected chi connectivity index (χ0v) is 19.8. The molecule has 0 radical (unpaired) electrons. The molecule has 2 bridgehead atoms. The maximum atomic E-state index is 4.52. The van der Waals surface area contributed by atoms with E-state index in [0.717, 1.165) is 56.3 Å². The van der Waals surface area contributed by atoms with Crippen LogP contribution in [0.15, 0.2) is 11.2 Å². The van der Waals surface area contributed by atoms with Crippen molar-refractivity contribution in [3.05, 3.63) is 16.1 Å². The lowest BCUT2D eigenvalue weighted by atomic mass is 9.93. The highest BCUT2D eigenvalue weighted by Gasteiger charge is 2.42. The van der Waals surface area contributed by atoms with Gasteiger partial charge in [0.1, 0.15) is 0 Å². The summed E-state index contributed by atoms with van der Waals surface area (Å²) in [5.74, 6) is 3.09. The van der Waals surface area contributed by atoms with Crippen LogP contribution < -0.4 is 5.32 Å². The lowest BCUT2D eigenvalue weighted by molar-refractivity contribution is 0.0959. The number of thiazole rings is 1. The van der Waals surface area contributed by atoms with E-state index in [1.165, 1.54) is 48.7 Å². The molecular formula is C20H34IN5S. The van der Waals surface area contributed by atoms with E-state index in [0.29, 0.717) is 0 Å². The molecule has 1 aliphatic heterocycles. The number of nitrogens with one attached hydrogen (secondary N) is 1. The van der Waals surface area contributed by atoms with Crippen molar-refractivity contribution in [3.63, 3.8) is 0 Å². The fraction of sp³-hybridized carbons (Fsp3) is 0.800. The topological polar surface area (TPSA) is 43.8 Å². The second-order valence-electron chi connectivity index (χ2n) is 8.06. The van der Waals surface area contributed by atoms with Gasteiger partial charge in [0.25, 0.3) is 0 Å². The highest BCUT2D eigenvalue weighted by atomic mass is 127. The van der Waals surface area contributed by atoms with Gasteiger partial charge in [-0.3, -0.25) is 9.89 Å². The quantitative estimate of drug-likeness (QED) is 0.381. The molecule has 27 heavy (non-hydrogen) atoms. The summed E-state index contributed by atoms with van der Waals surface area (Å²) in [7, 11) is 1.91. The van der Waals surface area contributed by atoms with Crippen molar-refractivity contribution in [3.8, 4) is 0 Å². The predicted octanol–water partition coefficient (Wildman–Crippen LogP) is 3.25. The van der Waals surface area contributed by atoms with Crippen molar-refractivity contribution in [1.82, 2.24) is 20.1 Å². The monoisotopic (exact) mass is 503 g/mol. The van der Waals surface area contributed by atoms with Crippen LogP contribution in [0.2, 0.25) is 0 Å². The Morgan fingerprint density at radius 3 is 2.67 bits per heavy atom. The minimum atomic E-state index is 0. The Bertz CT molecular complexity index is 626. The third-order valence-corrected chi connectivity index (χ3v) is 7.77. The van der Waals surface area contributed by atoms with Crippen LogP contribution in [0.1, 0.15) is 42.5 Å². The van der Waals surface area contributed by atoms with Gasteiger partial charge < -0.3 is 10.2 Å². The molecule has 3 aliphatic rings.